The van der Waals surface area contributed by atoms with E-state index in [1.165, 1.54) is 0 Å². The number of ether oxygens (including phenoxy) is 1. The number of unbranched alkanes of at least 4 members (excludes halogenated alkanes) is 1. The molecule has 0 saturated carbocycles. The van der Waals surface area contributed by atoms with Crippen molar-refractivity contribution < 1.29 is 13.9 Å². The molecule has 0 saturated heterocycles. The van der Waals surface area contributed by atoms with Crippen molar-refractivity contribution in [3.8, 4) is 5.75 Å². The van der Waals surface area contributed by atoms with Gasteiger partial charge in [0.25, 0.3) is 5.91 Å². The largest absolute Gasteiger partial charge is 0.494 e. The van der Waals surface area contributed by atoms with Gasteiger partial charge in [0.15, 0.2) is 5.43 Å². The lowest BCUT2D eigenvalue weighted by Gasteiger charge is -2.24. The summed E-state index contributed by atoms with van der Waals surface area (Å²) in [7, 11) is 0. The van der Waals surface area contributed by atoms with Crippen LogP contribution in [-0.4, -0.2) is 17.5 Å². The van der Waals surface area contributed by atoms with E-state index in [1.54, 1.807) is 23.1 Å². The Bertz CT molecular complexity index is 1440. The Morgan fingerprint density at radius 1 is 1.03 bits per heavy atom. The molecule has 6 nitrogen and oxygen atoms in total. The van der Waals surface area contributed by atoms with E-state index in [0.29, 0.717) is 29.0 Å². The first kappa shape index (κ1) is 21.9. The quantitative estimate of drug-likeness (QED) is 0.348. The second-order valence-electron chi connectivity index (χ2n) is 8.66. The zero-order valence-electron chi connectivity index (χ0n) is 19.5. The van der Waals surface area contributed by atoms with Crippen LogP contribution >= 0.6 is 0 Å². The van der Waals surface area contributed by atoms with Crippen LogP contribution in [0.15, 0.2) is 69.9 Å². The normalized spacial score (nSPS) is 15.1. The number of fused-ring (bicyclic) bond motifs is 2. The van der Waals surface area contributed by atoms with Crippen LogP contribution in [0, 0.1) is 13.8 Å². The van der Waals surface area contributed by atoms with Gasteiger partial charge in [0, 0.05) is 5.69 Å². The molecule has 1 aliphatic rings. The molecule has 6 heteroatoms. The summed E-state index contributed by atoms with van der Waals surface area (Å²) in [4.78, 5) is 33.5. The highest BCUT2D eigenvalue weighted by Gasteiger charge is 2.44. The molecule has 0 aliphatic carbocycles. The molecule has 172 valence electrons. The average Bonchev–Trinajstić information content (AvgIpc) is 3.13. The zero-order chi connectivity index (χ0) is 23.8. The molecule has 5 rings (SSSR count). The molecular weight excluding hydrogens is 428 g/mol. The number of hydrogen-bond donors (Lipinski definition) is 0. The summed E-state index contributed by atoms with van der Waals surface area (Å²) < 4.78 is 11.8. The summed E-state index contributed by atoms with van der Waals surface area (Å²) in [6.45, 7) is 6.56. The minimum absolute atomic E-state index is 0.0675. The molecule has 1 amide bonds. The lowest BCUT2D eigenvalue weighted by molar-refractivity contribution is 0.0970. The number of aromatic nitrogens is 1. The number of carbonyl (C=O) groups is 1. The molecule has 0 fully saturated rings. The molecule has 0 N–H and O–H groups in total. The fourth-order valence-electron chi connectivity index (χ4n) is 4.38. The van der Waals surface area contributed by atoms with Crippen molar-refractivity contribution >= 4 is 22.7 Å². The molecule has 34 heavy (non-hydrogen) atoms. The van der Waals surface area contributed by atoms with Crippen molar-refractivity contribution in [2.75, 3.05) is 11.5 Å². The molecule has 1 aliphatic heterocycles. The molecule has 2 aromatic heterocycles. The molecule has 2 aromatic carbocycles. The van der Waals surface area contributed by atoms with E-state index in [0.717, 1.165) is 35.4 Å². The van der Waals surface area contributed by atoms with Crippen molar-refractivity contribution in [3.63, 3.8) is 0 Å². The summed E-state index contributed by atoms with van der Waals surface area (Å²) >= 11 is 0. The fourth-order valence-corrected chi connectivity index (χ4v) is 4.38. The fraction of sp³-hybridized carbons (Fsp3) is 0.250. The first-order valence-corrected chi connectivity index (χ1v) is 11.5. The minimum Gasteiger partial charge on any atom is -0.494 e. The van der Waals surface area contributed by atoms with Crippen molar-refractivity contribution in [2.45, 2.75) is 39.7 Å². The monoisotopic (exact) mass is 454 g/mol. The number of aryl methyl sites for hydroxylation is 2. The molecule has 1 unspecified atom stereocenters. The van der Waals surface area contributed by atoms with Gasteiger partial charge < -0.3 is 9.15 Å². The van der Waals surface area contributed by atoms with Gasteiger partial charge in [0.05, 0.1) is 23.6 Å². The summed E-state index contributed by atoms with van der Waals surface area (Å²) in [5.74, 6) is 0.923. The SMILES string of the molecule is CCCCOc1ccc(C2c3c(oc4ccc(C)cc4c3=O)C(=O)N2c2cccc(C)n2)cc1. The third-order valence-electron chi connectivity index (χ3n) is 6.11. The third kappa shape index (κ3) is 3.75. The number of benzene rings is 2. The molecule has 3 heterocycles. The maximum atomic E-state index is 13.7. The van der Waals surface area contributed by atoms with E-state index in [2.05, 4.69) is 11.9 Å². The van der Waals surface area contributed by atoms with E-state index >= 15 is 0 Å². The van der Waals surface area contributed by atoms with Crippen molar-refractivity contribution in [1.82, 2.24) is 4.98 Å². The van der Waals surface area contributed by atoms with Gasteiger partial charge in [-0.05, 0) is 62.2 Å². The molecular formula is C28H26N2O4. The number of amides is 1. The third-order valence-corrected chi connectivity index (χ3v) is 6.11. The van der Waals surface area contributed by atoms with Gasteiger partial charge in [-0.2, -0.15) is 0 Å². The van der Waals surface area contributed by atoms with Gasteiger partial charge >= 0.3 is 0 Å². The summed E-state index contributed by atoms with van der Waals surface area (Å²) in [6.07, 6.45) is 2.04. The standard InChI is InChI=1S/C28H26N2O4/c1-4-5-15-33-20-12-10-19(11-13-20)25-24-26(31)21-16-17(2)9-14-22(21)34-27(24)28(32)30(25)23-8-6-7-18(3)29-23/h6-14,16,25H,4-5,15H2,1-3H3. The maximum Gasteiger partial charge on any atom is 0.296 e. The topological polar surface area (TPSA) is 72.6 Å². The summed E-state index contributed by atoms with van der Waals surface area (Å²) in [5.41, 5.74) is 3.06. The first-order valence-electron chi connectivity index (χ1n) is 11.5. The molecule has 0 bridgehead atoms. The van der Waals surface area contributed by atoms with Crippen molar-refractivity contribution in [3.05, 3.63) is 99.0 Å². The van der Waals surface area contributed by atoms with Crippen LogP contribution < -0.4 is 15.1 Å². The van der Waals surface area contributed by atoms with Crippen LogP contribution in [0.3, 0.4) is 0 Å². The highest BCUT2D eigenvalue weighted by molar-refractivity contribution is 6.10. The lowest BCUT2D eigenvalue weighted by atomic mass is 9.98. The number of pyridine rings is 1. The lowest BCUT2D eigenvalue weighted by Crippen LogP contribution is -2.30. The van der Waals surface area contributed by atoms with Crippen LogP contribution in [-0.2, 0) is 0 Å². The molecule has 4 aromatic rings. The van der Waals surface area contributed by atoms with Gasteiger partial charge in [-0.1, -0.05) is 43.2 Å². The molecule has 0 radical (unpaired) electrons. The van der Waals surface area contributed by atoms with Crippen LogP contribution in [0.5, 0.6) is 5.75 Å². The predicted octanol–water partition coefficient (Wildman–Crippen LogP) is 5.73. The minimum atomic E-state index is -0.650. The van der Waals surface area contributed by atoms with Gasteiger partial charge in [0.1, 0.15) is 17.2 Å². The highest BCUT2D eigenvalue weighted by atomic mass is 16.5. The number of anilines is 1. The predicted molar refractivity (Wildman–Crippen MR) is 132 cm³/mol. The smallest absolute Gasteiger partial charge is 0.296 e. The van der Waals surface area contributed by atoms with Crippen molar-refractivity contribution in [2.24, 2.45) is 0 Å². The number of hydrogen-bond acceptors (Lipinski definition) is 5. The van der Waals surface area contributed by atoms with Gasteiger partial charge in [-0.3, -0.25) is 14.5 Å². The van der Waals surface area contributed by atoms with Crippen LogP contribution in [0.4, 0.5) is 5.82 Å². The highest BCUT2D eigenvalue weighted by Crippen LogP contribution is 2.41. The molecule has 1 atom stereocenters. The van der Waals surface area contributed by atoms with Gasteiger partial charge in [0.2, 0.25) is 5.76 Å². The van der Waals surface area contributed by atoms with E-state index in [-0.39, 0.29) is 17.1 Å². The van der Waals surface area contributed by atoms with Crippen LogP contribution in [0.2, 0.25) is 0 Å². The van der Waals surface area contributed by atoms with Crippen molar-refractivity contribution in [1.29, 1.82) is 0 Å². The Labute approximate surface area is 197 Å². The van der Waals surface area contributed by atoms with Gasteiger partial charge in [-0.25, -0.2) is 4.98 Å². The Hall–Kier alpha value is -3.93. The Morgan fingerprint density at radius 3 is 2.56 bits per heavy atom. The van der Waals surface area contributed by atoms with Gasteiger partial charge in [-0.15, -0.1) is 0 Å². The van der Waals surface area contributed by atoms with E-state index in [4.69, 9.17) is 9.15 Å². The van der Waals surface area contributed by atoms with Crippen LogP contribution in [0.1, 0.15) is 58.7 Å². The Balaban J connectivity index is 1.68. The Morgan fingerprint density at radius 2 is 1.82 bits per heavy atom. The number of carbonyl (C=O) groups excluding carboxylic acids is 1. The van der Waals surface area contributed by atoms with E-state index < -0.39 is 6.04 Å². The summed E-state index contributed by atoms with van der Waals surface area (Å²) in [5, 5.41) is 0.468. The number of nitrogens with zero attached hydrogens (tertiary/aromatic N) is 2. The average molecular weight is 455 g/mol. The first-order chi connectivity index (χ1) is 16.5. The summed E-state index contributed by atoms with van der Waals surface area (Å²) in [6, 6.07) is 17.8. The van der Waals surface area contributed by atoms with E-state index in [9.17, 15) is 9.59 Å². The number of rotatable bonds is 6. The maximum absolute atomic E-state index is 13.7. The molecule has 0 spiro atoms. The second-order valence-corrected chi connectivity index (χ2v) is 8.66. The Kier molecular flexibility index (Phi) is 5.65. The van der Waals surface area contributed by atoms with E-state index in [1.807, 2.05) is 56.3 Å². The second kappa shape index (κ2) is 8.78. The van der Waals surface area contributed by atoms with Crippen LogP contribution in [0.25, 0.3) is 11.0 Å². The zero-order valence-corrected chi connectivity index (χ0v) is 19.5.